The maximum Gasteiger partial charge on any atom is 0.0827 e. The maximum absolute atomic E-state index is 9.82. The first-order chi connectivity index (χ1) is 5.75. The first-order valence-electron chi connectivity index (χ1n) is 4.96. The highest BCUT2D eigenvalue weighted by molar-refractivity contribution is 4.76. The Labute approximate surface area is 74.9 Å². The van der Waals surface area contributed by atoms with Crippen molar-refractivity contribution in [2.75, 3.05) is 7.11 Å². The highest BCUT2D eigenvalue weighted by atomic mass is 16.5. The number of rotatable bonds is 3. The van der Waals surface area contributed by atoms with E-state index >= 15 is 0 Å². The highest BCUT2D eigenvalue weighted by Gasteiger charge is 2.25. The molecular formula is C10H20O2. The van der Waals surface area contributed by atoms with E-state index in [1.165, 1.54) is 32.1 Å². The van der Waals surface area contributed by atoms with E-state index in [1.54, 1.807) is 7.11 Å². The fourth-order valence-corrected chi connectivity index (χ4v) is 2.00. The predicted molar refractivity (Wildman–Crippen MR) is 49.1 cm³/mol. The average molecular weight is 172 g/mol. The normalized spacial score (nSPS) is 25.2. The number of aliphatic hydroxyl groups is 1. The molecule has 2 atom stereocenters. The van der Waals surface area contributed by atoms with Crippen molar-refractivity contribution in [1.29, 1.82) is 0 Å². The zero-order valence-corrected chi connectivity index (χ0v) is 8.12. The van der Waals surface area contributed by atoms with E-state index in [9.17, 15) is 5.11 Å². The van der Waals surface area contributed by atoms with Crippen molar-refractivity contribution in [1.82, 2.24) is 0 Å². The lowest BCUT2D eigenvalue weighted by Crippen LogP contribution is -2.33. The van der Waals surface area contributed by atoms with Crippen LogP contribution >= 0.6 is 0 Å². The molecule has 72 valence electrons. The van der Waals surface area contributed by atoms with Crippen LogP contribution in [0.25, 0.3) is 0 Å². The summed E-state index contributed by atoms with van der Waals surface area (Å²) in [7, 11) is 1.66. The van der Waals surface area contributed by atoms with Gasteiger partial charge in [0.1, 0.15) is 0 Å². The van der Waals surface area contributed by atoms with Crippen LogP contribution in [0.3, 0.4) is 0 Å². The molecule has 1 N–H and O–H groups in total. The zero-order chi connectivity index (χ0) is 8.97. The van der Waals surface area contributed by atoms with Crippen LogP contribution in [0.5, 0.6) is 0 Å². The van der Waals surface area contributed by atoms with Gasteiger partial charge in [-0.25, -0.2) is 0 Å². The van der Waals surface area contributed by atoms with Crippen LogP contribution in [0, 0.1) is 5.92 Å². The molecule has 0 saturated heterocycles. The largest absolute Gasteiger partial charge is 0.390 e. The fraction of sp³-hybridized carbons (Fsp3) is 1.00. The van der Waals surface area contributed by atoms with Gasteiger partial charge < -0.3 is 9.84 Å². The molecule has 0 aromatic rings. The Balaban J connectivity index is 2.33. The van der Waals surface area contributed by atoms with Crippen LogP contribution in [-0.2, 0) is 4.74 Å². The second-order valence-corrected chi connectivity index (χ2v) is 3.83. The third kappa shape index (κ3) is 2.46. The maximum atomic E-state index is 9.82. The minimum Gasteiger partial charge on any atom is -0.390 e. The van der Waals surface area contributed by atoms with E-state index < -0.39 is 0 Å². The summed E-state index contributed by atoms with van der Waals surface area (Å²) < 4.78 is 5.12. The molecule has 1 saturated carbocycles. The molecule has 0 bridgehead atoms. The molecule has 0 aliphatic heterocycles. The average Bonchev–Trinajstić information content (AvgIpc) is 2.17. The summed E-state index contributed by atoms with van der Waals surface area (Å²) >= 11 is 0. The van der Waals surface area contributed by atoms with Crippen molar-refractivity contribution in [2.24, 2.45) is 5.92 Å². The van der Waals surface area contributed by atoms with E-state index in [0.717, 1.165) is 0 Å². The van der Waals surface area contributed by atoms with Crippen molar-refractivity contribution in [3.8, 4) is 0 Å². The molecule has 2 unspecified atom stereocenters. The van der Waals surface area contributed by atoms with Gasteiger partial charge in [-0.05, 0) is 25.7 Å². The second-order valence-electron chi connectivity index (χ2n) is 3.83. The molecule has 0 heterocycles. The number of ether oxygens (including phenoxy) is 1. The van der Waals surface area contributed by atoms with Gasteiger partial charge in [0.2, 0.25) is 0 Å². The number of aliphatic hydroxyl groups excluding tert-OH is 1. The number of methoxy groups -OCH3 is 1. The lowest BCUT2D eigenvalue weighted by atomic mass is 9.83. The Bertz CT molecular complexity index is 119. The van der Waals surface area contributed by atoms with Gasteiger partial charge in [-0.1, -0.05) is 19.3 Å². The molecule has 1 aliphatic carbocycles. The zero-order valence-electron chi connectivity index (χ0n) is 8.12. The summed E-state index contributed by atoms with van der Waals surface area (Å²) in [6.45, 7) is 1.94. The van der Waals surface area contributed by atoms with E-state index in [1.807, 2.05) is 6.92 Å². The van der Waals surface area contributed by atoms with Gasteiger partial charge in [0.15, 0.2) is 0 Å². The smallest absolute Gasteiger partial charge is 0.0827 e. The summed E-state index contributed by atoms with van der Waals surface area (Å²) in [4.78, 5) is 0. The van der Waals surface area contributed by atoms with E-state index in [-0.39, 0.29) is 12.2 Å². The minimum absolute atomic E-state index is 0.00639. The molecule has 2 nitrogen and oxygen atoms in total. The van der Waals surface area contributed by atoms with Gasteiger partial charge >= 0.3 is 0 Å². The van der Waals surface area contributed by atoms with Gasteiger partial charge in [0.25, 0.3) is 0 Å². The van der Waals surface area contributed by atoms with Crippen molar-refractivity contribution >= 4 is 0 Å². The lowest BCUT2D eigenvalue weighted by Gasteiger charge is -2.29. The molecule has 0 amide bonds. The van der Waals surface area contributed by atoms with E-state index in [4.69, 9.17) is 4.74 Å². The summed E-state index contributed by atoms with van der Waals surface area (Å²) in [5, 5.41) is 9.82. The molecule has 1 rings (SSSR count). The van der Waals surface area contributed by atoms with Gasteiger partial charge in [0, 0.05) is 7.11 Å². The third-order valence-electron chi connectivity index (χ3n) is 2.99. The van der Waals surface area contributed by atoms with Gasteiger partial charge in [-0.15, -0.1) is 0 Å². The Kier molecular flexibility index (Phi) is 4.02. The summed E-state index contributed by atoms with van der Waals surface area (Å²) in [5.74, 6) is 0.480. The lowest BCUT2D eigenvalue weighted by molar-refractivity contribution is -0.0396. The first-order valence-corrected chi connectivity index (χ1v) is 4.96. The predicted octanol–water partition coefficient (Wildman–Crippen LogP) is 1.96. The highest BCUT2D eigenvalue weighted by Crippen LogP contribution is 2.28. The monoisotopic (exact) mass is 172 g/mol. The summed E-state index contributed by atoms with van der Waals surface area (Å²) in [6, 6.07) is 0. The number of hydrogen-bond donors (Lipinski definition) is 1. The van der Waals surface area contributed by atoms with Crippen LogP contribution in [0.2, 0.25) is 0 Å². The Morgan fingerprint density at radius 3 is 2.33 bits per heavy atom. The van der Waals surface area contributed by atoms with Crippen molar-refractivity contribution in [3.05, 3.63) is 0 Å². The Morgan fingerprint density at radius 2 is 1.83 bits per heavy atom. The van der Waals surface area contributed by atoms with Crippen molar-refractivity contribution in [2.45, 2.75) is 51.2 Å². The molecule has 0 spiro atoms. The molecular weight excluding hydrogens is 152 g/mol. The number of hydrogen-bond acceptors (Lipinski definition) is 2. The van der Waals surface area contributed by atoms with Crippen LogP contribution in [-0.4, -0.2) is 24.4 Å². The first kappa shape index (κ1) is 10.0. The summed E-state index contributed by atoms with van der Waals surface area (Å²) in [5.41, 5.74) is 0. The second kappa shape index (κ2) is 4.83. The Morgan fingerprint density at radius 1 is 1.25 bits per heavy atom. The van der Waals surface area contributed by atoms with Crippen LogP contribution in [0.4, 0.5) is 0 Å². The van der Waals surface area contributed by atoms with Gasteiger partial charge in [0.05, 0.1) is 12.2 Å². The van der Waals surface area contributed by atoms with Crippen molar-refractivity contribution < 1.29 is 9.84 Å². The van der Waals surface area contributed by atoms with Gasteiger partial charge in [-0.3, -0.25) is 0 Å². The quantitative estimate of drug-likeness (QED) is 0.705. The Hall–Kier alpha value is -0.0800. The topological polar surface area (TPSA) is 29.5 Å². The molecule has 0 aromatic heterocycles. The fourth-order valence-electron chi connectivity index (χ4n) is 2.00. The van der Waals surface area contributed by atoms with Gasteiger partial charge in [-0.2, -0.15) is 0 Å². The minimum atomic E-state index is -0.254. The standard InChI is InChI=1S/C10H20O2/c1-8(12-2)10(11)9-6-4-3-5-7-9/h8-11H,3-7H2,1-2H3. The van der Waals surface area contributed by atoms with Crippen molar-refractivity contribution in [3.63, 3.8) is 0 Å². The van der Waals surface area contributed by atoms with E-state index in [2.05, 4.69) is 0 Å². The van der Waals surface area contributed by atoms with Crippen LogP contribution < -0.4 is 0 Å². The van der Waals surface area contributed by atoms with E-state index in [0.29, 0.717) is 5.92 Å². The van der Waals surface area contributed by atoms with Crippen LogP contribution in [0.1, 0.15) is 39.0 Å². The molecule has 2 heteroatoms. The molecule has 12 heavy (non-hydrogen) atoms. The van der Waals surface area contributed by atoms with Crippen LogP contribution in [0.15, 0.2) is 0 Å². The molecule has 1 fully saturated rings. The SMILES string of the molecule is COC(C)C(O)C1CCCCC1. The third-order valence-corrected chi connectivity index (χ3v) is 2.99. The molecule has 1 aliphatic rings. The molecule has 0 radical (unpaired) electrons. The molecule has 0 aromatic carbocycles. The summed E-state index contributed by atoms with van der Waals surface area (Å²) in [6.07, 6.45) is 5.98.